The number of aliphatic carboxylic acids is 1. The maximum Gasteiger partial charge on any atom is 0.458 e. The van der Waals surface area contributed by atoms with E-state index in [2.05, 4.69) is 54.9 Å². The van der Waals surface area contributed by atoms with Crippen LogP contribution in [0.15, 0.2) is 55.0 Å². The SMILES string of the molecule is CCc1c(NC[C@H](NCc2cnc3ccccc3c2)C(=O)O)ncnc1N1CCC(c2ccc3c(n2)NCCC3)CC1.O=C(C(=O)C(F)(F)F)C(F)(F)F. The fourth-order valence-corrected chi connectivity index (χ4v) is 6.27. The molecule has 1 fully saturated rings. The van der Waals surface area contributed by atoms with E-state index in [1.54, 1.807) is 12.5 Å². The van der Waals surface area contributed by atoms with Crippen molar-refractivity contribution in [2.45, 2.75) is 69.9 Å². The van der Waals surface area contributed by atoms with Crippen molar-refractivity contribution in [3.8, 4) is 0 Å². The van der Waals surface area contributed by atoms with Crippen LogP contribution in [0.25, 0.3) is 10.9 Å². The lowest BCUT2D eigenvalue weighted by atomic mass is 9.92. The first-order valence-electron chi connectivity index (χ1n) is 17.2. The van der Waals surface area contributed by atoms with E-state index < -0.39 is 35.9 Å². The summed E-state index contributed by atoms with van der Waals surface area (Å²) >= 11 is 0. The van der Waals surface area contributed by atoms with Crippen molar-refractivity contribution < 1.29 is 45.8 Å². The number of carboxylic acid groups (broad SMARTS) is 1. The Morgan fingerprint density at radius 3 is 2.35 bits per heavy atom. The summed E-state index contributed by atoms with van der Waals surface area (Å²) in [6.45, 7) is 5.45. The van der Waals surface area contributed by atoms with Crippen molar-refractivity contribution in [3.05, 3.63) is 77.4 Å². The van der Waals surface area contributed by atoms with Gasteiger partial charge in [0.05, 0.1) is 5.52 Å². The highest BCUT2D eigenvalue weighted by Crippen LogP contribution is 2.33. The summed E-state index contributed by atoms with van der Waals surface area (Å²) in [5, 5.41) is 20.9. The Bertz CT molecular complexity index is 1940. The van der Waals surface area contributed by atoms with Gasteiger partial charge in [0.2, 0.25) is 0 Å². The Morgan fingerprint density at radius 2 is 1.69 bits per heavy atom. The number of carbonyl (C=O) groups is 3. The third-order valence-corrected chi connectivity index (χ3v) is 9.10. The molecule has 4 N–H and O–H groups in total. The Labute approximate surface area is 305 Å². The summed E-state index contributed by atoms with van der Waals surface area (Å²) in [7, 11) is 0. The van der Waals surface area contributed by atoms with Crippen LogP contribution >= 0.6 is 0 Å². The summed E-state index contributed by atoms with van der Waals surface area (Å²) in [6, 6.07) is 13.6. The van der Waals surface area contributed by atoms with E-state index in [4.69, 9.17) is 4.98 Å². The molecule has 0 amide bonds. The molecule has 0 unspecified atom stereocenters. The number of benzene rings is 1. The quantitative estimate of drug-likeness (QED) is 0.110. The number of rotatable bonds is 11. The molecule has 18 heteroatoms. The van der Waals surface area contributed by atoms with Crippen molar-refractivity contribution >= 4 is 45.9 Å². The van der Waals surface area contributed by atoms with Crippen LogP contribution in [0.2, 0.25) is 0 Å². The molecule has 0 saturated carbocycles. The van der Waals surface area contributed by atoms with E-state index in [9.17, 15) is 45.8 Å². The number of carboxylic acids is 1. The molecule has 12 nitrogen and oxygen atoms in total. The summed E-state index contributed by atoms with van der Waals surface area (Å²) in [5.74, 6) is -4.63. The van der Waals surface area contributed by atoms with Crippen LogP contribution in [0, 0.1) is 0 Å². The highest BCUT2D eigenvalue weighted by Gasteiger charge is 2.54. The summed E-state index contributed by atoms with van der Waals surface area (Å²) < 4.78 is 67.0. The van der Waals surface area contributed by atoms with Gasteiger partial charge in [-0.05, 0) is 61.4 Å². The number of fused-ring (bicyclic) bond motifs is 2. The van der Waals surface area contributed by atoms with E-state index >= 15 is 0 Å². The van der Waals surface area contributed by atoms with Gasteiger partial charge in [0, 0.05) is 61.5 Å². The number of para-hydroxylation sites is 1. The third kappa shape index (κ3) is 9.97. The Morgan fingerprint density at radius 1 is 0.981 bits per heavy atom. The second-order valence-electron chi connectivity index (χ2n) is 12.8. The van der Waals surface area contributed by atoms with E-state index in [1.165, 1.54) is 17.7 Å². The number of aryl methyl sites for hydroxylation is 1. The fraction of sp³-hybridized carbons (Fsp3) is 0.417. The third-order valence-electron chi connectivity index (χ3n) is 9.10. The molecule has 5 heterocycles. The highest BCUT2D eigenvalue weighted by molar-refractivity contribution is 6.41. The molecule has 1 atom stereocenters. The van der Waals surface area contributed by atoms with Gasteiger partial charge in [-0.1, -0.05) is 31.2 Å². The lowest BCUT2D eigenvalue weighted by Gasteiger charge is -2.34. The van der Waals surface area contributed by atoms with Gasteiger partial charge in [-0.25, -0.2) is 15.0 Å². The number of anilines is 3. The van der Waals surface area contributed by atoms with E-state index in [1.807, 2.05) is 30.3 Å². The van der Waals surface area contributed by atoms with Gasteiger partial charge in [-0.15, -0.1) is 0 Å². The maximum atomic E-state index is 12.1. The zero-order valence-corrected chi connectivity index (χ0v) is 29.1. The first kappa shape index (κ1) is 39.8. The molecule has 6 rings (SSSR count). The van der Waals surface area contributed by atoms with Gasteiger partial charge in [-0.3, -0.25) is 24.7 Å². The van der Waals surface area contributed by atoms with Gasteiger partial charge < -0.3 is 20.6 Å². The Hall–Kier alpha value is -5.39. The molecule has 0 bridgehead atoms. The molecule has 1 saturated heterocycles. The van der Waals surface area contributed by atoms with Gasteiger partial charge in [0.15, 0.2) is 0 Å². The minimum atomic E-state index is -5.77. The minimum absolute atomic E-state index is 0.194. The predicted octanol–water partition coefficient (Wildman–Crippen LogP) is 5.63. The molecule has 4 aromatic rings. The average molecular weight is 761 g/mol. The molecule has 0 radical (unpaired) electrons. The van der Waals surface area contributed by atoms with Crippen LogP contribution in [0.5, 0.6) is 0 Å². The molecule has 2 aliphatic heterocycles. The van der Waals surface area contributed by atoms with Crippen molar-refractivity contribution in [3.63, 3.8) is 0 Å². The zero-order chi connectivity index (χ0) is 39.0. The predicted molar refractivity (Wildman–Crippen MR) is 187 cm³/mol. The van der Waals surface area contributed by atoms with Gasteiger partial charge in [0.1, 0.15) is 29.8 Å². The number of alkyl halides is 6. The average Bonchev–Trinajstić information content (AvgIpc) is 3.16. The van der Waals surface area contributed by atoms with Crippen LogP contribution in [0.3, 0.4) is 0 Å². The van der Waals surface area contributed by atoms with Gasteiger partial charge in [-0.2, -0.15) is 26.3 Å². The highest BCUT2D eigenvalue weighted by atomic mass is 19.4. The van der Waals surface area contributed by atoms with Crippen LogP contribution in [-0.2, 0) is 33.8 Å². The number of halogens is 6. The first-order chi connectivity index (χ1) is 25.7. The Balaban J connectivity index is 0.000000404. The summed E-state index contributed by atoms with van der Waals surface area (Å²) in [5.41, 5.74) is 5.36. The van der Waals surface area contributed by atoms with E-state index in [0.717, 1.165) is 79.0 Å². The summed E-state index contributed by atoms with van der Waals surface area (Å²) in [6.07, 6.45) is -3.16. The van der Waals surface area contributed by atoms with Crippen LogP contribution in [0.1, 0.15) is 54.5 Å². The van der Waals surface area contributed by atoms with Gasteiger partial charge in [0.25, 0.3) is 0 Å². The fourth-order valence-electron chi connectivity index (χ4n) is 6.27. The molecule has 2 aliphatic rings. The molecule has 54 heavy (non-hydrogen) atoms. The van der Waals surface area contributed by atoms with Crippen LogP contribution in [-0.4, -0.2) is 87.2 Å². The standard InChI is InChI=1S/C32H38N8O2.C4F6O2/c1-2-25-30(36-19-28(32(41)42)35-18-21-16-24-6-3-4-8-26(24)34-17-21)37-20-38-31(25)40-14-11-22(12-15-40)27-10-9-23-7-5-13-33-29(23)39-27;5-3(6,7)1(11)2(12)4(8,9)10/h3-4,6,8-10,16-17,20,22,28,35H,2,5,7,11-15,18-19H2,1H3,(H,33,39)(H,41,42)(H,36,37,38);/t28-;/m0./s1. The molecular formula is C36H38F6N8O4. The largest absolute Gasteiger partial charge is 0.480 e. The number of ketones is 2. The number of hydrogen-bond acceptors (Lipinski definition) is 11. The molecule has 288 valence electrons. The van der Waals surface area contributed by atoms with Crippen molar-refractivity contribution in [1.29, 1.82) is 0 Å². The van der Waals surface area contributed by atoms with E-state index in [-0.39, 0.29) is 6.54 Å². The molecule has 0 spiro atoms. The monoisotopic (exact) mass is 760 g/mol. The molecule has 0 aliphatic carbocycles. The first-order valence-corrected chi connectivity index (χ1v) is 17.2. The van der Waals surface area contributed by atoms with Crippen LogP contribution < -0.4 is 20.9 Å². The number of nitrogens with one attached hydrogen (secondary N) is 3. The number of pyridine rings is 2. The maximum absolute atomic E-state index is 12.1. The number of Topliss-reactive ketones (excluding diaryl/α,β-unsaturated/α-hetero) is 2. The summed E-state index contributed by atoms with van der Waals surface area (Å²) in [4.78, 5) is 52.3. The number of piperidine rings is 1. The van der Waals surface area contributed by atoms with Crippen molar-refractivity contribution in [1.82, 2.24) is 25.3 Å². The van der Waals surface area contributed by atoms with Crippen molar-refractivity contribution in [2.24, 2.45) is 0 Å². The van der Waals surface area contributed by atoms with Gasteiger partial charge >= 0.3 is 29.9 Å². The minimum Gasteiger partial charge on any atom is -0.480 e. The number of hydrogen-bond donors (Lipinski definition) is 4. The number of carbonyl (C=O) groups excluding carboxylic acids is 2. The second-order valence-corrected chi connectivity index (χ2v) is 12.8. The van der Waals surface area contributed by atoms with E-state index in [0.29, 0.717) is 18.3 Å². The normalized spacial score (nSPS) is 15.4. The molecule has 3 aromatic heterocycles. The topological polar surface area (TPSA) is 162 Å². The molecule has 1 aromatic carbocycles. The number of nitrogens with zero attached hydrogens (tertiary/aromatic N) is 5. The number of aromatic nitrogens is 4. The van der Waals surface area contributed by atoms with Crippen LogP contribution in [0.4, 0.5) is 43.8 Å². The Kier molecular flexibility index (Phi) is 12.7. The smallest absolute Gasteiger partial charge is 0.458 e. The second kappa shape index (κ2) is 17.2. The lowest BCUT2D eigenvalue weighted by Crippen LogP contribution is -2.42. The zero-order valence-electron chi connectivity index (χ0n) is 29.1. The van der Waals surface area contributed by atoms with Crippen molar-refractivity contribution in [2.75, 3.05) is 41.7 Å². The molecular weight excluding hydrogens is 722 g/mol. The lowest BCUT2D eigenvalue weighted by molar-refractivity contribution is -0.193.